The average Bonchev–Trinajstić information content (AvgIpc) is 2.31. The topological polar surface area (TPSA) is 74.2 Å². The van der Waals surface area contributed by atoms with Crippen LogP contribution in [0.15, 0.2) is 18.3 Å². The van der Waals surface area contributed by atoms with E-state index in [0.29, 0.717) is 0 Å². The molecule has 1 aromatic heterocycles. The molecule has 0 unspecified atom stereocenters. The minimum absolute atomic E-state index is 0. The van der Waals surface area contributed by atoms with Crippen molar-refractivity contribution in [3.63, 3.8) is 0 Å². The molecule has 6 heteroatoms. The van der Waals surface area contributed by atoms with Crippen molar-refractivity contribution in [2.24, 2.45) is 0 Å². The Hall–Kier alpha value is -1.33. The normalized spacial score (nSPS) is 19.2. The summed E-state index contributed by atoms with van der Waals surface area (Å²) in [6, 6.07) is 3.18. The van der Waals surface area contributed by atoms with Crippen LogP contribution in [0.25, 0.3) is 0 Å². The van der Waals surface area contributed by atoms with Gasteiger partial charge in [-0.2, -0.15) is 0 Å². The van der Waals surface area contributed by atoms with Gasteiger partial charge in [0.2, 0.25) is 0 Å². The van der Waals surface area contributed by atoms with E-state index in [1.54, 1.807) is 6.07 Å². The maximum Gasteiger partial charge on any atom is 0.273 e. The highest BCUT2D eigenvalue weighted by Gasteiger charge is 2.18. The van der Waals surface area contributed by atoms with Crippen LogP contribution in [0.5, 0.6) is 5.75 Å². The zero-order valence-electron chi connectivity index (χ0n) is 9.35. The number of aromatic nitrogens is 1. The highest BCUT2D eigenvalue weighted by atomic mass is 35.5. The number of pyridine rings is 1. The molecule has 0 bridgehead atoms. The smallest absolute Gasteiger partial charge is 0.273 e. The third-order valence-electron chi connectivity index (χ3n) is 2.63. The summed E-state index contributed by atoms with van der Waals surface area (Å²) in [6.45, 7) is 1.78. The van der Waals surface area contributed by atoms with E-state index in [2.05, 4.69) is 15.6 Å². The van der Waals surface area contributed by atoms with Gasteiger partial charge in [0.05, 0.1) is 0 Å². The number of carbonyl (C=O) groups is 1. The van der Waals surface area contributed by atoms with Crippen molar-refractivity contribution in [1.82, 2.24) is 15.6 Å². The number of aromatic hydroxyl groups is 1. The molecule has 2 heterocycles. The Kier molecular flexibility index (Phi) is 5.18. The highest BCUT2D eigenvalue weighted by Crippen LogP contribution is 2.13. The van der Waals surface area contributed by atoms with Gasteiger partial charge in [0.25, 0.3) is 5.91 Å². The minimum Gasteiger partial charge on any atom is -0.505 e. The lowest BCUT2D eigenvalue weighted by Crippen LogP contribution is -2.45. The molecule has 0 radical (unpaired) electrons. The standard InChI is InChI=1S/C11H15N3O2.ClH/c15-9-4-2-6-13-10(9)11(16)14-8-3-1-5-12-7-8;/h2,4,6,8,12,15H,1,3,5,7H2,(H,14,16);1H/t8-;/m1./s1. The summed E-state index contributed by atoms with van der Waals surface area (Å²) in [6.07, 6.45) is 3.51. The summed E-state index contributed by atoms with van der Waals surface area (Å²) >= 11 is 0. The lowest BCUT2D eigenvalue weighted by Gasteiger charge is -2.23. The largest absolute Gasteiger partial charge is 0.505 e. The summed E-state index contributed by atoms with van der Waals surface area (Å²) < 4.78 is 0. The van der Waals surface area contributed by atoms with Crippen molar-refractivity contribution in [2.75, 3.05) is 13.1 Å². The molecule has 5 nitrogen and oxygen atoms in total. The molecule has 1 fully saturated rings. The Morgan fingerprint density at radius 3 is 3.06 bits per heavy atom. The first-order valence-corrected chi connectivity index (χ1v) is 5.43. The van der Waals surface area contributed by atoms with Gasteiger partial charge in [0.1, 0.15) is 5.75 Å². The minimum atomic E-state index is -0.313. The van der Waals surface area contributed by atoms with Gasteiger partial charge in [-0.3, -0.25) is 4.79 Å². The number of nitrogens with zero attached hydrogens (tertiary/aromatic N) is 1. The molecule has 1 aliphatic heterocycles. The Labute approximate surface area is 106 Å². The summed E-state index contributed by atoms with van der Waals surface area (Å²) in [7, 11) is 0. The molecule has 3 N–H and O–H groups in total. The van der Waals surface area contributed by atoms with Gasteiger partial charge < -0.3 is 15.7 Å². The van der Waals surface area contributed by atoms with Gasteiger partial charge in [0.15, 0.2) is 5.69 Å². The van der Waals surface area contributed by atoms with Gasteiger partial charge >= 0.3 is 0 Å². The van der Waals surface area contributed by atoms with Crippen LogP contribution in [0.2, 0.25) is 0 Å². The summed E-state index contributed by atoms with van der Waals surface area (Å²) in [5.74, 6) is -0.393. The predicted octanol–water partition coefficient (Wildman–Crippen LogP) is 0.691. The van der Waals surface area contributed by atoms with Gasteiger partial charge in [-0.1, -0.05) is 0 Å². The summed E-state index contributed by atoms with van der Waals surface area (Å²) in [5, 5.41) is 15.5. The third kappa shape index (κ3) is 3.57. The second kappa shape index (κ2) is 6.42. The van der Waals surface area contributed by atoms with Crippen LogP contribution in [0.3, 0.4) is 0 Å². The van der Waals surface area contributed by atoms with Gasteiger partial charge in [-0.05, 0) is 31.5 Å². The Morgan fingerprint density at radius 1 is 1.59 bits per heavy atom. The molecule has 1 aromatic rings. The van der Waals surface area contributed by atoms with Crippen molar-refractivity contribution in [1.29, 1.82) is 0 Å². The summed E-state index contributed by atoms with van der Waals surface area (Å²) in [4.78, 5) is 15.6. The summed E-state index contributed by atoms with van der Waals surface area (Å²) in [5.41, 5.74) is 0.0908. The third-order valence-corrected chi connectivity index (χ3v) is 2.63. The second-order valence-electron chi connectivity index (χ2n) is 3.89. The molecule has 1 amide bonds. The number of rotatable bonds is 2. The number of hydrogen-bond donors (Lipinski definition) is 3. The fourth-order valence-corrected chi connectivity index (χ4v) is 1.80. The van der Waals surface area contributed by atoms with E-state index in [4.69, 9.17) is 0 Å². The van der Waals surface area contributed by atoms with E-state index in [0.717, 1.165) is 25.9 Å². The second-order valence-corrected chi connectivity index (χ2v) is 3.89. The first-order valence-electron chi connectivity index (χ1n) is 5.43. The predicted molar refractivity (Wildman–Crippen MR) is 66.5 cm³/mol. The van der Waals surface area contributed by atoms with Gasteiger partial charge in [-0.25, -0.2) is 4.98 Å². The van der Waals surface area contributed by atoms with E-state index < -0.39 is 0 Å². The lowest BCUT2D eigenvalue weighted by molar-refractivity contribution is 0.0922. The van der Waals surface area contributed by atoms with E-state index in [9.17, 15) is 9.90 Å². The quantitative estimate of drug-likeness (QED) is 0.729. The van der Waals surface area contributed by atoms with Crippen molar-refractivity contribution >= 4 is 18.3 Å². The van der Waals surface area contributed by atoms with Crippen molar-refractivity contribution in [2.45, 2.75) is 18.9 Å². The zero-order chi connectivity index (χ0) is 11.4. The van der Waals surface area contributed by atoms with E-state index in [-0.39, 0.29) is 35.8 Å². The van der Waals surface area contributed by atoms with Gasteiger partial charge in [-0.15, -0.1) is 12.4 Å². The number of carbonyl (C=O) groups excluding carboxylic acids is 1. The number of nitrogens with one attached hydrogen (secondary N) is 2. The lowest BCUT2D eigenvalue weighted by atomic mass is 10.1. The Balaban J connectivity index is 0.00000144. The van der Waals surface area contributed by atoms with Gasteiger partial charge in [0, 0.05) is 18.8 Å². The number of amides is 1. The number of hydrogen-bond acceptors (Lipinski definition) is 4. The van der Waals surface area contributed by atoms with E-state index in [1.807, 2.05) is 0 Å². The number of halogens is 1. The molecule has 1 atom stereocenters. The molecule has 1 aliphatic rings. The molecule has 0 aromatic carbocycles. The highest BCUT2D eigenvalue weighted by molar-refractivity contribution is 5.94. The van der Waals surface area contributed by atoms with Crippen LogP contribution >= 0.6 is 12.4 Å². The Bertz CT molecular complexity index is 381. The van der Waals surface area contributed by atoms with Crippen LogP contribution in [0.4, 0.5) is 0 Å². The fraction of sp³-hybridized carbons (Fsp3) is 0.455. The maximum absolute atomic E-state index is 11.8. The molecule has 0 spiro atoms. The average molecular weight is 258 g/mol. The molecule has 94 valence electrons. The molecular weight excluding hydrogens is 242 g/mol. The fourth-order valence-electron chi connectivity index (χ4n) is 1.80. The number of piperidine rings is 1. The van der Waals surface area contributed by atoms with Crippen LogP contribution in [-0.4, -0.2) is 35.1 Å². The molecule has 2 rings (SSSR count). The van der Waals surface area contributed by atoms with E-state index in [1.165, 1.54) is 12.3 Å². The molecule has 0 aliphatic carbocycles. The monoisotopic (exact) mass is 257 g/mol. The van der Waals surface area contributed by atoms with Crippen molar-refractivity contribution in [3.05, 3.63) is 24.0 Å². The zero-order valence-corrected chi connectivity index (χ0v) is 10.2. The van der Waals surface area contributed by atoms with Crippen LogP contribution in [0.1, 0.15) is 23.3 Å². The molecule has 17 heavy (non-hydrogen) atoms. The molecule has 0 saturated carbocycles. The van der Waals surface area contributed by atoms with Crippen LogP contribution < -0.4 is 10.6 Å². The van der Waals surface area contributed by atoms with Crippen LogP contribution in [0, 0.1) is 0 Å². The first-order chi connectivity index (χ1) is 7.77. The SMILES string of the molecule is Cl.O=C(N[C@@H]1CCCNC1)c1ncccc1O. The maximum atomic E-state index is 11.8. The van der Waals surface area contributed by atoms with Crippen molar-refractivity contribution in [3.8, 4) is 5.75 Å². The van der Waals surface area contributed by atoms with Crippen LogP contribution in [-0.2, 0) is 0 Å². The van der Waals surface area contributed by atoms with E-state index >= 15 is 0 Å². The first kappa shape index (κ1) is 13.7. The Morgan fingerprint density at radius 2 is 2.41 bits per heavy atom. The van der Waals surface area contributed by atoms with Crippen molar-refractivity contribution < 1.29 is 9.90 Å². The molecular formula is C11H16ClN3O2. The molecule has 1 saturated heterocycles.